The van der Waals surface area contributed by atoms with Crippen LogP contribution in [0, 0.1) is 5.92 Å². The standard InChI is InChI=1S/C15H19Cl2NO2/c1-10(19)11-4-6-18(7-5-11)9-15(20)13-3-2-12(16)8-14(13)17/h2-3,8,10-11,19H,4-7,9H2,1H3. The van der Waals surface area contributed by atoms with Crippen LogP contribution in [0.2, 0.25) is 10.0 Å². The predicted octanol–water partition coefficient (Wildman–Crippen LogP) is 3.27. The summed E-state index contributed by atoms with van der Waals surface area (Å²) in [5, 5.41) is 10.5. The van der Waals surface area contributed by atoms with Crippen molar-refractivity contribution in [2.45, 2.75) is 25.9 Å². The highest BCUT2D eigenvalue weighted by Gasteiger charge is 2.24. The van der Waals surface area contributed by atoms with Crippen molar-refractivity contribution in [1.29, 1.82) is 0 Å². The first-order valence-electron chi connectivity index (χ1n) is 6.86. The number of hydrogen-bond donors (Lipinski definition) is 1. The maximum Gasteiger partial charge on any atom is 0.178 e. The van der Waals surface area contributed by atoms with Crippen LogP contribution in [0.5, 0.6) is 0 Å². The van der Waals surface area contributed by atoms with Crippen LogP contribution in [0.25, 0.3) is 0 Å². The van der Waals surface area contributed by atoms with Gasteiger partial charge in [-0.05, 0) is 57.0 Å². The number of nitrogens with zero attached hydrogens (tertiary/aromatic N) is 1. The van der Waals surface area contributed by atoms with E-state index in [4.69, 9.17) is 23.2 Å². The van der Waals surface area contributed by atoms with Gasteiger partial charge in [0.25, 0.3) is 0 Å². The number of Topliss-reactive ketones (excluding diaryl/α,β-unsaturated/α-hetero) is 1. The van der Waals surface area contributed by atoms with Crippen LogP contribution < -0.4 is 0 Å². The fraction of sp³-hybridized carbons (Fsp3) is 0.533. The van der Waals surface area contributed by atoms with Crippen molar-refractivity contribution >= 4 is 29.0 Å². The van der Waals surface area contributed by atoms with E-state index in [9.17, 15) is 9.90 Å². The average molecular weight is 316 g/mol. The molecule has 1 atom stereocenters. The molecule has 1 aliphatic rings. The molecule has 0 radical (unpaired) electrons. The van der Waals surface area contributed by atoms with Crippen molar-refractivity contribution in [3.63, 3.8) is 0 Å². The number of aliphatic hydroxyl groups is 1. The molecule has 3 nitrogen and oxygen atoms in total. The molecule has 0 aromatic heterocycles. The summed E-state index contributed by atoms with van der Waals surface area (Å²) in [7, 11) is 0. The summed E-state index contributed by atoms with van der Waals surface area (Å²) >= 11 is 11.9. The van der Waals surface area contributed by atoms with Crippen LogP contribution in [0.3, 0.4) is 0 Å². The van der Waals surface area contributed by atoms with Gasteiger partial charge >= 0.3 is 0 Å². The molecule has 1 fully saturated rings. The highest BCUT2D eigenvalue weighted by molar-refractivity contribution is 6.36. The molecule has 1 N–H and O–H groups in total. The van der Waals surface area contributed by atoms with E-state index in [2.05, 4.69) is 4.90 Å². The van der Waals surface area contributed by atoms with Gasteiger partial charge in [-0.3, -0.25) is 9.69 Å². The fourth-order valence-corrected chi connectivity index (χ4v) is 3.11. The summed E-state index contributed by atoms with van der Waals surface area (Å²) < 4.78 is 0. The monoisotopic (exact) mass is 315 g/mol. The number of benzene rings is 1. The summed E-state index contributed by atoms with van der Waals surface area (Å²) in [6, 6.07) is 4.95. The second-order valence-corrected chi connectivity index (χ2v) is 6.25. The van der Waals surface area contributed by atoms with Gasteiger partial charge in [-0.1, -0.05) is 23.2 Å². The van der Waals surface area contributed by atoms with Gasteiger partial charge in [0.1, 0.15) is 0 Å². The highest BCUT2D eigenvalue weighted by Crippen LogP contribution is 2.23. The smallest absolute Gasteiger partial charge is 0.178 e. The maximum atomic E-state index is 12.2. The van der Waals surface area contributed by atoms with Gasteiger partial charge in [-0.15, -0.1) is 0 Å². The Morgan fingerprint density at radius 1 is 1.40 bits per heavy atom. The Labute approximate surface area is 129 Å². The number of halogens is 2. The molecule has 1 heterocycles. The molecule has 1 saturated heterocycles. The second-order valence-electron chi connectivity index (χ2n) is 5.40. The number of hydrogen-bond acceptors (Lipinski definition) is 3. The zero-order valence-electron chi connectivity index (χ0n) is 11.5. The van der Waals surface area contributed by atoms with E-state index in [1.165, 1.54) is 0 Å². The van der Waals surface area contributed by atoms with Gasteiger partial charge in [0.2, 0.25) is 0 Å². The normalized spacial score (nSPS) is 19.0. The molecule has 0 saturated carbocycles. The van der Waals surface area contributed by atoms with Gasteiger partial charge in [0.05, 0.1) is 17.7 Å². The Balaban J connectivity index is 1.92. The van der Waals surface area contributed by atoms with Gasteiger partial charge in [0.15, 0.2) is 5.78 Å². The Morgan fingerprint density at radius 3 is 2.60 bits per heavy atom. The van der Waals surface area contributed by atoms with Gasteiger partial charge < -0.3 is 5.11 Å². The van der Waals surface area contributed by atoms with Crippen LogP contribution in [0.1, 0.15) is 30.1 Å². The lowest BCUT2D eigenvalue weighted by Gasteiger charge is -2.32. The molecule has 2 rings (SSSR count). The van der Waals surface area contributed by atoms with Gasteiger partial charge in [0, 0.05) is 10.6 Å². The number of likely N-dealkylation sites (tertiary alicyclic amines) is 1. The minimum atomic E-state index is -0.265. The van der Waals surface area contributed by atoms with Crippen molar-refractivity contribution in [3.8, 4) is 0 Å². The van der Waals surface area contributed by atoms with E-state index in [0.29, 0.717) is 28.1 Å². The lowest BCUT2D eigenvalue weighted by molar-refractivity contribution is 0.0665. The minimum absolute atomic E-state index is 0.0159. The van der Waals surface area contributed by atoms with E-state index < -0.39 is 0 Å². The van der Waals surface area contributed by atoms with Gasteiger partial charge in [-0.2, -0.15) is 0 Å². The second kappa shape index (κ2) is 6.90. The molecule has 1 aromatic carbocycles. The third-order valence-corrected chi connectivity index (χ3v) is 4.46. The zero-order valence-corrected chi connectivity index (χ0v) is 13.0. The largest absolute Gasteiger partial charge is 0.393 e. The first-order chi connectivity index (χ1) is 9.47. The van der Waals surface area contributed by atoms with Crippen molar-refractivity contribution in [2.24, 2.45) is 5.92 Å². The third-order valence-electron chi connectivity index (χ3n) is 3.91. The SMILES string of the molecule is CC(O)C1CCN(CC(=O)c2ccc(Cl)cc2Cl)CC1. The first-order valence-corrected chi connectivity index (χ1v) is 7.61. The molecular formula is C15H19Cl2NO2. The summed E-state index contributed by atoms with van der Waals surface area (Å²) in [6.07, 6.45) is 1.59. The molecule has 1 aliphatic heterocycles. The molecule has 1 unspecified atom stereocenters. The predicted molar refractivity (Wildman–Crippen MR) is 81.6 cm³/mol. The molecular weight excluding hydrogens is 297 g/mol. The molecule has 0 aliphatic carbocycles. The lowest BCUT2D eigenvalue weighted by atomic mass is 9.92. The lowest BCUT2D eigenvalue weighted by Crippen LogP contribution is -2.39. The van der Waals surface area contributed by atoms with Gasteiger partial charge in [-0.25, -0.2) is 0 Å². The summed E-state index contributed by atoms with van der Waals surface area (Å²) in [6.45, 7) is 3.88. The fourth-order valence-electron chi connectivity index (χ4n) is 2.60. The number of rotatable bonds is 4. The average Bonchev–Trinajstić information content (AvgIpc) is 2.39. The third kappa shape index (κ3) is 3.95. The summed E-state index contributed by atoms with van der Waals surface area (Å²) in [4.78, 5) is 14.4. The van der Waals surface area contributed by atoms with E-state index in [1.54, 1.807) is 18.2 Å². The Morgan fingerprint density at radius 2 is 2.05 bits per heavy atom. The number of piperidine rings is 1. The molecule has 0 bridgehead atoms. The summed E-state index contributed by atoms with van der Waals surface area (Å²) in [5.74, 6) is 0.364. The number of aliphatic hydroxyl groups excluding tert-OH is 1. The van der Waals surface area contributed by atoms with E-state index in [-0.39, 0.29) is 11.9 Å². The van der Waals surface area contributed by atoms with Crippen molar-refractivity contribution < 1.29 is 9.90 Å². The number of carbonyl (C=O) groups is 1. The van der Waals surface area contributed by atoms with Crippen LogP contribution in [0.4, 0.5) is 0 Å². The first kappa shape index (κ1) is 15.8. The topological polar surface area (TPSA) is 40.5 Å². The van der Waals surface area contributed by atoms with E-state index in [0.717, 1.165) is 25.9 Å². The number of ketones is 1. The van der Waals surface area contributed by atoms with Crippen LogP contribution >= 0.6 is 23.2 Å². The van der Waals surface area contributed by atoms with Crippen molar-refractivity contribution in [3.05, 3.63) is 33.8 Å². The van der Waals surface area contributed by atoms with E-state index >= 15 is 0 Å². The molecule has 0 amide bonds. The quantitative estimate of drug-likeness (QED) is 0.867. The molecule has 110 valence electrons. The van der Waals surface area contributed by atoms with Crippen molar-refractivity contribution in [1.82, 2.24) is 4.90 Å². The zero-order chi connectivity index (χ0) is 14.7. The molecule has 20 heavy (non-hydrogen) atoms. The Kier molecular flexibility index (Phi) is 5.44. The molecule has 1 aromatic rings. The molecule has 5 heteroatoms. The van der Waals surface area contributed by atoms with Crippen molar-refractivity contribution in [2.75, 3.05) is 19.6 Å². The Bertz CT molecular complexity index is 483. The van der Waals surface area contributed by atoms with E-state index in [1.807, 2.05) is 6.92 Å². The molecule has 0 spiro atoms. The summed E-state index contributed by atoms with van der Waals surface area (Å²) in [5.41, 5.74) is 0.522. The van der Waals surface area contributed by atoms with Crippen LogP contribution in [0.15, 0.2) is 18.2 Å². The number of carbonyl (C=O) groups excluding carboxylic acids is 1. The highest BCUT2D eigenvalue weighted by atomic mass is 35.5. The Hall–Kier alpha value is -0.610. The maximum absolute atomic E-state index is 12.2. The van der Waals surface area contributed by atoms with Crippen LogP contribution in [-0.4, -0.2) is 41.5 Å². The minimum Gasteiger partial charge on any atom is -0.393 e. The van der Waals surface area contributed by atoms with Crippen LogP contribution in [-0.2, 0) is 0 Å².